The van der Waals surface area contributed by atoms with Crippen LogP contribution in [0.3, 0.4) is 0 Å². The van der Waals surface area contributed by atoms with E-state index in [1.165, 1.54) is 24.0 Å². The van der Waals surface area contributed by atoms with Gasteiger partial charge in [0.15, 0.2) is 11.5 Å². The molecule has 0 bridgehead atoms. The summed E-state index contributed by atoms with van der Waals surface area (Å²) in [6.45, 7) is 4.33. The van der Waals surface area contributed by atoms with Gasteiger partial charge in [0, 0.05) is 12.8 Å². The third kappa shape index (κ3) is 1.30. The highest BCUT2D eigenvalue weighted by atomic mass is 16.7. The summed E-state index contributed by atoms with van der Waals surface area (Å²) < 4.78 is 12.2. The molecule has 2 fully saturated rings. The Labute approximate surface area is 90.9 Å². The molecule has 0 aromatic carbocycles. The Morgan fingerprint density at radius 3 is 1.80 bits per heavy atom. The van der Waals surface area contributed by atoms with E-state index in [4.69, 9.17) is 9.47 Å². The van der Waals surface area contributed by atoms with Crippen molar-refractivity contribution in [3.05, 3.63) is 22.7 Å². The summed E-state index contributed by atoms with van der Waals surface area (Å²) in [5.74, 6) is 1.83. The van der Waals surface area contributed by atoms with Gasteiger partial charge in [-0.3, -0.25) is 0 Å². The van der Waals surface area contributed by atoms with Crippen LogP contribution in [-0.2, 0) is 9.47 Å². The van der Waals surface area contributed by atoms with E-state index in [9.17, 15) is 0 Å². The van der Waals surface area contributed by atoms with Crippen LogP contribution in [0.5, 0.6) is 0 Å². The minimum atomic E-state index is -0.280. The Kier molecular flexibility index (Phi) is 1.88. The van der Waals surface area contributed by atoms with Gasteiger partial charge in [0.2, 0.25) is 0 Å². The fraction of sp³-hybridized carbons (Fsp3) is 0.692. The van der Waals surface area contributed by atoms with Crippen molar-refractivity contribution in [1.29, 1.82) is 0 Å². The Bertz CT molecular complexity index is 327. The van der Waals surface area contributed by atoms with Crippen molar-refractivity contribution >= 4 is 0 Å². The molecule has 3 aliphatic rings. The van der Waals surface area contributed by atoms with Crippen LogP contribution >= 0.6 is 0 Å². The lowest BCUT2D eigenvalue weighted by Crippen LogP contribution is -2.24. The molecule has 1 aliphatic heterocycles. The molecule has 0 atom stereocenters. The average molecular weight is 206 g/mol. The summed E-state index contributed by atoms with van der Waals surface area (Å²) in [6.07, 6.45) is 6.84. The van der Waals surface area contributed by atoms with Gasteiger partial charge >= 0.3 is 0 Å². The third-order valence-corrected chi connectivity index (χ3v) is 3.80. The van der Waals surface area contributed by atoms with E-state index in [1.54, 1.807) is 0 Å². The lowest BCUT2D eigenvalue weighted by molar-refractivity contribution is -0.130. The summed E-state index contributed by atoms with van der Waals surface area (Å²) in [7, 11) is 0. The molecule has 2 nitrogen and oxygen atoms in total. The van der Waals surface area contributed by atoms with Gasteiger partial charge in [-0.1, -0.05) is 0 Å². The molecular formula is C13H18O2. The zero-order chi connectivity index (χ0) is 10.5. The first kappa shape index (κ1) is 9.32. The smallest absolute Gasteiger partial charge is 0.251 e. The van der Waals surface area contributed by atoms with Crippen LogP contribution in [0.4, 0.5) is 0 Å². The van der Waals surface area contributed by atoms with Gasteiger partial charge in [-0.05, 0) is 50.7 Å². The van der Waals surface area contributed by atoms with Crippen LogP contribution < -0.4 is 0 Å². The van der Waals surface area contributed by atoms with Gasteiger partial charge in [-0.25, -0.2) is 0 Å². The minimum Gasteiger partial charge on any atom is -0.449 e. The number of rotatable bonds is 0. The Morgan fingerprint density at radius 2 is 1.33 bits per heavy atom. The molecule has 1 heterocycles. The maximum atomic E-state index is 6.10. The van der Waals surface area contributed by atoms with Crippen LogP contribution in [0, 0.1) is 0 Å². The first-order valence-electron chi connectivity index (χ1n) is 5.98. The minimum absolute atomic E-state index is 0.280. The standard InChI is InChI=1S/C13H18O2/c1-9-5-6-10(2)12-11(9)14-13(15-12)7-3-4-8-13/h3-8H2,1-2H3. The van der Waals surface area contributed by atoms with Crippen LogP contribution in [0.2, 0.25) is 0 Å². The molecule has 82 valence electrons. The van der Waals surface area contributed by atoms with Crippen LogP contribution in [-0.4, -0.2) is 5.79 Å². The summed E-state index contributed by atoms with van der Waals surface area (Å²) >= 11 is 0. The lowest BCUT2D eigenvalue weighted by atomic mass is 9.98. The van der Waals surface area contributed by atoms with E-state index in [1.807, 2.05) is 0 Å². The SMILES string of the molecule is CC1=C2OC3(CCCC3)OC2=C(C)CC1. The molecule has 0 aromatic rings. The lowest BCUT2D eigenvalue weighted by Gasteiger charge is -2.20. The van der Waals surface area contributed by atoms with E-state index >= 15 is 0 Å². The molecule has 15 heavy (non-hydrogen) atoms. The maximum Gasteiger partial charge on any atom is 0.251 e. The second-order valence-electron chi connectivity index (χ2n) is 5.04. The van der Waals surface area contributed by atoms with E-state index < -0.39 is 0 Å². The molecule has 3 rings (SSSR count). The number of hydrogen-bond acceptors (Lipinski definition) is 2. The van der Waals surface area contributed by atoms with Crippen LogP contribution in [0.1, 0.15) is 52.4 Å². The van der Waals surface area contributed by atoms with Gasteiger partial charge in [0.1, 0.15) is 0 Å². The van der Waals surface area contributed by atoms with E-state index in [-0.39, 0.29) is 5.79 Å². The number of fused-ring (bicyclic) bond motifs is 1. The summed E-state index contributed by atoms with van der Waals surface area (Å²) in [5, 5.41) is 0. The average Bonchev–Trinajstić information content (AvgIpc) is 2.82. The Balaban J connectivity index is 2.00. The monoisotopic (exact) mass is 206 g/mol. The van der Waals surface area contributed by atoms with Crippen molar-refractivity contribution in [2.75, 3.05) is 0 Å². The van der Waals surface area contributed by atoms with Gasteiger partial charge in [-0.2, -0.15) is 0 Å². The van der Waals surface area contributed by atoms with Gasteiger partial charge in [-0.15, -0.1) is 0 Å². The number of hydrogen-bond donors (Lipinski definition) is 0. The maximum absolute atomic E-state index is 6.10. The van der Waals surface area contributed by atoms with Crippen LogP contribution in [0.25, 0.3) is 0 Å². The van der Waals surface area contributed by atoms with Crippen molar-refractivity contribution in [2.24, 2.45) is 0 Å². The first-order chi connectivity index (χ1) is 7.20. The molecule has 2 aliphatic carbocycles. The third-order valence-electron chi connectivity index (χ3n) is 3.80. The van der Waals surface area contributed by atoms with E-state index in [0.717, 1.165) is 37.2 Å². The summed E-state index contributed by atoms with van der Waals surface area (Å²) in [5.41, 5.74) is 2.72. The summed E-state index contributed by atoms with van der Waals surface area (Å²) in [4.78, 5) is 0. The quantitative estimate of drug-likeness (QED) is 0.602. The molecule has 2 heteroatoms. The van der Waals surface area contributed by atoms with Gasteiger partial charge < -0.3 is 9.47 Å². The predicted molar refractivity (Wildman–Crippen MR) is 58.0 cm³/mol. The topological polar surface area (TPSA) is 18.5 Å². The zero-order valence-electron chi connectivity index (χ0n) is 9.56. The highest BCUT2D eigenvalue weighted by Crippen LogP contribution is 2.49. The van der Waals surface area contributed by atoms with Gasteiger partial charge in [0.25, 0.3) is 5.79 Å². The molecule has 0 N–H and O–H groups in total. The van der Waals surface area contributed by atoms with Gasteiger partial charge in [0.05, 0.1) is 0 Å². The largest absolute Gasteiger partial charge is 0.449 e. The fourth-order valence-electron chi connectivity index (χ4n) is 2.77. The fourth-order valence-corrected chi connectivity index (χ4v) is 2.77. The molecule has 1 spiro atoms. The van der Waals surface area contributed by atoms with E-state index in [0.29, 0.717) is 0 Å². The molecular weight excluding hydrogens is 188 g/mol. The van der Waals surface area contributed by atoms with Crippen molar-refractivity contribution in [3.8, 4) is 0 Å². The second kappa shape index (κ2) is 3.03. The normalized spacial score (nSPS) is 28.1. The van der Waals surface area contributed by atoms with Crippen molar-refractivity contribution in [1.82, 2.24) is 0 Å². The second-order valence-corrected chi connectivity index (χ2v) is 5.04. The molecule has 0 amide bonds. The highest BCUT2D eigenvalue weighted by Gasteiger charge is 2.47. The van der Waals surface area contributed by atoms with Crippen molar-refractivity contribution < 1.29 is 9.47 Å². The molecule has 1 saturated heterocycles. The van der Waals surface area contributed by atoms with Crippen molar-refractivity contribution in [3.63, 3.8) is 0 Å². The predicted octanol–water partition coefficient (Wildman–Crippen LogP) is 3.65. The highest BCUT2D eigenvalue weighted by molar-refractivity contribution is 5.36. The summed E-state index contributed by atoms with van der Waals surface area (Å²) in [6, 6.07) is 0. The molecule has 0 radical (unpaired) electrons. The number of ether oxygens (including phenoxy) is 2. The zero-order valence-corrected chi connectivity index (χ0v) is 9.56. The molecule has 1 saturated carbocycles. The van der Waals surface area contributed by atoms with Crippen LogP contribution in [0.15, 0.2) is 22.7 Å². The first-order valence-corrected chi connectivity index (χ1v) is 5.98. The molecule has 0 aromatic heterocycles. The Hall–Kier alpha value is -0.920. The molecule has 0 unspecified atom stereocenters. The number of allylic oxidation sites excluding steroid dienone is 2. The van der Waals surface area contributed by atoms with E-state index in [2.05, 4.69) is 13.8 Å². The Morgan fingerprint density at radius 1 is 0.867 bits per heavy atom. The van der Waals surface area contributed by atoms with Crippen molar-refractivity contribution in [2.45, 2.75) is 58.2 Å².